The number of carbonyl (C=O) groups excluding carboxylic acids is 2. The van der Waals surface area contributed by atoms with E-state index in [2.05, 4.69) is 0 Å². The Morgan fingerprint density at radius 3 is 2.26 bits per heavy atom. The molecule has 1 aliphatic heterocycles. The molecule has 0 saturated carbocycles. The summed E-state index contributed by atoms with van der Waals surface area (Å²) in [7, 11) is 1.24. The van der Waals surface area contributed by atoms with Gasteiger partial charge in [0.15, 0.2) is 0 Å². The van der Waals surface area contributed by atoms with E-state index in [9.17, 15) is 23.2 Å². The van der Waals surface area contributed by atoms with Crippen molar-refractivity contribution in [3.63, 3.8) is 0 Å². The molecule has 1 N–H and O–H groups in total. The van der Waals surface area contributed by atoms with Crippen molar-refractivity contribution in [3.05, 3.63) is 58.7 Å². The summed E-state index contributed by atoms with van der Waals surface area (Å²) in [5, 5.41) is 9.00. The highest BCUT2D eigenvalue weighted by atomic mass is 19.1. The molecule has 0 aliphatic carbocycles. The smallest absolute Gasteiger partial charge is 0.328 e. The summed E-state index contributed by atoms with van der Waals surface area (Å²) in [6.07, 6.45) is 1.65. The number of likely N-dealkylation sites (N-methyl/N-ethyl adjacent to an activating group) is 1. The molecule has 1 atom stereocenters. The van der Waals surface area contributed by atoms with Crippen molar-refractivity contribution in [2.24, 2.45) is 0 Å². The Hall–Kier alpha value is -2.83. The Bertz CT molecular complexity index is 747. The van der Waals surface area contributed by atoms with Crippen molar-refractivity contribution >= 4 is 17.8 Å². The number of hydrogen-bond donors (Lipinski definition) is 1. The normalized spacial score (nSPS) is 16.6. The Morgan fingerprint density at radius 1 is 1.26 bits per heavy atom. The topological polar surface area (TPSA) is 74.7 Å². The van der Waals surface area contributed by atoms with Crippen LogP contribution in [0.5, 0.6) is 0 Å². The Kier molecular flexibility index (Phi) is 4.40. The lowest BCUT2D eigenvalue weighted by Crippen LogP contribution is -2.27. The highest BCUT2D eigenvalue weighted by Gasteiger charge is 2.33. The van der Waals surface area contributed by atoms with Crippen LogP contribution in [0.25, 0.3) is 0 Å². The van der Waals surface area contributed by atoms with E-state index in [0.717, 1.165) is 23.1 Å². The van der Waals surface area contributed by atoms with Gasteiger partial charge in [-0.3, -0.25) is 14.5 Å². The van der Waals surface area contributed by atoms with Gasteiger partial charge in [0, 0.05) is 36.3 Å². The molecule has 0 fully saturated rings. The van der Waals surface area contributed by atoms with Crippen LogP contribution in [0.1, 0.15) is 18.4 Å². The van der Waals surface area contributed by atoms with E-state index in [0.29, 0.717) is 6.08 Å². The van der Waals surface area contributed by atoms with Crippen LogP contribution < -0.4 is 0 Å². The van der Waals surface area contributed by atoms with Crippen LogP contribution in [0.2, 0.25) is 0 Å². The van der Waals surface area contributed by atoms with Crippen molar-refractivity contribution in [1.82, 2.24) is 4.90 Å². The molecule has 0 saturated heterocycles. The van der Waals surface area contributed by atoms with E-state index in [1.54, 1.807) is 0 Å². The van der Waals surface area contributed by atoms with E-state index in [-0.39, 0.29) is 16.7 Å². The summed E-state index contributed by atoms with van der Waals surface area (Å²) in [5.41, 5.74) is -0.685. The second-order valence-corrected chi connectivity index (χ2v) is 5.06. The highest BCUT2D eigenvalue weighted by Crippen LogP contribution is 2.34. The van der Waals surface area contributed by atoms with Gasteiger partial charge in [-0.2, -0.15) is 0 Å². The van der Waals surface area contributed by atoms with Crippen molar-refractivity contribution in [2.45, 2.75) is 12.8 Å². The number of carboxylic acid groups (broad SMARTS) is 1. The fourth-order valence-electron chi connectivity index (χ4n) is 2.42. The summed E-state index contributed by atoms with van der Waals surface area (Å²) >= 11 is 0. The van der Waals surface area contributed by atoms with E-state index in [4.69, 9.17) is 5.11 Å². The molecule has 7 heteroatoms. The molecule has 0 radical (unpaired) electrons. The first-order chi connectivity index (χ1) is 10.7. The minimum absolute atomic E-state index is 0.135. The zero-order valence-corrected chi connectivity index (χ0v) is 12.3. The summed E-state index contributed by atoms with van der Waals surface area (Å²) in [6.45, 7) is 1.37. The fourth-order valence-corrected chi connectivity index (χ4v) is 2.42. The average molecular weight is 321 g/mol. The van der Waals surface area contributed by atoms with Gasteiger partial charge in [-0.25, -0.2) is 13.6 Å². The van der Waals surface area contributed by atoms with Gasteiger partial charge in [-0.1, -0.05) is 13.0 Å². The standard InChI is InChI=1S/C16H13F2NO4/c1-8(15-11(17)4-3-5-12(15)18)9(7-14(21)22)10-6-13(20)19(2)16(10)23/h3-8H,1-2H3,(H,21,22). The molecule has 23 heavy (non-hydrogen) atoms. The molecule has 1 aromatic carbocycles. The third-order valence-corrected chi connectivity index (χ3v) is 3.62. The number of carbonyl (C=O) groups is 3. The molecule has 1 aliphatic rings. The van der Waals surface area contributed by atoms with Crippen LogP contribution in [0.3, 0.4) is 0 Å². The SMILES string of the molecule is CC(C(=CC(=O)O)C1=CC(=O)N(C)C1=O)c1c(F)cccc1F. The first kappa shape index (κ1) is 16.5. The summed E-state index contributed by atoms with van der Waals surface area (Å²) in [4.78, 5) is 35.5. The van der Waals surface area contributed by atoms with Crippen LogP contribution in [0, 0.1) is 11.6 Å². The monoisotopic (exact) mass is 321 g/mol. The highest BCUT2D eigenvalue weighted by molar-refractivity contribution is 6.18. The van der Waals surface area contributed by atoms with Gasteiger partial charge in [0.1, 0.15) is 11.6 Å². The Morgan fingerprint density at radius 2 is 1.83 bits per heavy atom. The van der Waals surface area contributed by atoms with Crippen molar-refractivity contribution in [1.29, 1.82) is 0 Å². The van der Waals surface area contributed by atoms with Crippen LogP contribution in [-0.2, 0) is 14.4 Å². The third kappa shape index (κ3) is 3.03. The molecular weight excluding hydrogens is 308 g/mol. The van der Waals surface area contributed by atoms with Crippen molar-refractivity contribution in [3.8, 4) is 0 Å². The molecule has 0 aromatic heterocycles. The summed E-state index contributed by atoms with van der Waals surface area (Å²) in [6, 6.07) is 3.25. The molecular formula is C16H13F2NO4. The van der Waals surface area contributed by atoms with Crippen molar-refractivity contribution < 1.29 is 28.3 Å². The molecule has 1 aromatic rings. The fraction of sp³-hybridized carbons (Fsp3) is 0.188. The summed E-state index contributed by atoms with van der Waals surface area (Å²) in [5.74, 6) is -5.52. The maximum Gasteiger partial charge on any atom is 0.328 e. The largest absolute Gasteiger partial charge is 0.478 e. The Labute approximate surface area is 130 Å². The first-order valence-corrected chi connectivity index (χ1v) is 6.66. The first-order valence-electron chi connectivity index (χ1n) is 6.66. The lowest BCUT2D eigenvalue weighted by Gasteiger charge is -2.18. The molecule has 1 heterocycles. The molecule has 2 amide bonds. The van der Waals surface area contributed by atoms with Gasteiger partial charge in [0.2, 0.25) is 0 Å². The molecule has 1 unspecified atom stereocenters. The number of amides is 2. The number of hydrogen-bond acceptors (Lipinski definition) is 3. The van der Waals surface area contributed by atoms with Crippen LogP contribution in [-0.4, -0.2) is 34.8 Å². The Balaban J connectivity index is 2.58. The molecule has 0 spiro atoms. The van der Waals surface area contributed by atoms with Crippen LogP contribution in [0.4, 0.5) is 8.78 Å². The second-order valence-electron chi connectivity index (χ2n) is 5.06. The molecule has 120 valence electrons. The maximum absolute atomic E-state index is 13.9. The van der Waals surface area contributed by atoms with E-state index >= 15 is 0 Å². The molecule has 2 rings (SSSR count). The summed E-state index contributed by atoms with van der Waals surface area (Å²) < 4.78 is 27.9. The lowest BCUT2D eigenvalue weighted by atomic mass is 9.87. The lowest BCUT2D eigenvalue weighted by molar-refractivity contribution is -0.135. The van der Waals surface area contributed by atoms with Gasteiger partial charge < -0.3 is 5.11 Å². The number of nitrogens with zero attached hydrogens (tertiary/aromatic N) is 1. The molecule has 5 nitrogen and oxygen atoms in total. The zero-order valence-electron chi connectivity index (χ0n) is 12.3. The van der Waals surface area contributed by atoms with Gasteiger partial charge >= 0.3 is 5.97 Å². The predicted octanol–water partition coefficient (Wildman–Crippen LogP) is 2.00. The quantitative estimate of drug-likeness (QED) is 0.680. The molecule has 0 bridgehead atoms. The second kappa shape index (κ2) is 6.12. The maximum atomic E-state index is 13.9. The van der Waals surface area contributed by atoms with E-state index in [1.165, 1.54) is 20.0 Å². The zero-order chi connectivity index (χ0) is 17.3. The van der Waals surface area contributed by atoms with Gasteiger partial charge in [0.25, 0.3) is 11.8 Å². The number of halogens is 2. The number of imide groups is 1. The van der Waals surface area contributed by atoms with Gasteiger partial charge in [0.05, 0.1) is 0 Å². The number of benzene rings is 1. The minimum Gasteiger partial charge on any atom is -0.478 e. The number of carboxylic acids is 1. The van der Waals surface area contributed by atoms with Crippen LogP contribution >= 0.6 is 0 Å². The van der Waals surface area contributed by atoms with Crippen molar-refractivity contribution in [2.75, 3.05) is 7.05 Å². The predicted molar refractivity (Wildman–Crippen MR) is 76.4 cm³/mol. The minimum atomic E-state index is -1.39. The number of rotatable bonds is 4. The van der Waals surface area contributed by atoms with Gasteiger partial charge in [-0.15, -0.1) is 0 Å². The van der Waals surface area contributed by atoms with Gasteiger partial charge in [-0.05, 0) is 17.7 Å². The number of aliphatic carboxylic acids is 1. The average Bonchev–Trinajstić information content (AvgIpc) is 2.72. The van der Waals surface area contributed by atoms with E-state index < -0.39 is 35.3 Å². The van der Waals surface area contributed by atoms with Crippen LogP contribution in [0.15, 0.2) is 41.5 Å². The van der Waals surface area contributed by atoms with E-state index in [1.807, 2.05) is 0 Å². The third-order valence-electron chi connectivity index (χ3n) is 3.62.